The molecular weight excluding hydrogens is 256 g/mol. The molecule has 2 rings (SSSR count). The van der Waals surface area contributed by atoms with Crippen molar-refractivity contribution in [1.29, 1.82) is 0 Å². The third-order valence-corrected chi connectivity index (χ3v) is 4.05. The van der Waals surface area contributed by atoms with Gasteiger partial charge in [0.25, 0.3) is 0 Å². The Bertz CT molecular complexity index is 505. The lowest BCUT2D eigenvalue weighted by atomic mass is 10.3. The molecule has 1 N–H and O–H groups in total. The van der Waals surface area contributed by atoms with Gasteiger partial charge < -0.3 is 9.88 Å². The van der Waals surface area contributed by atoms with E-state index in [2.05, 4.69) is 29.1 Å². The summed E-state index contributed by atoms with van der Waals surface area (Å²) in [6.07, 6.45) is 3.56. The van der Waals surface area contributed by atoms with Crippen molar-refractivity contribution in [3.63, 3.8) is 0 Å². The Morgan fingerprint density at radius 3 is 2.76 bits per heavy atom. The molecule has 0 saturated heterocycles. The van der Waals surface area contributed by atoms with Crippen LogP contribution in [-0.2, 0) is 13.6 Å². The highest BCUT2D eigenvalue weighted by Gasteiger charge is 2.10. The van der Waals surface area contributed by atoms with E-state index in [0.29, 0.717) is 11.7 Å². The van der Waals surface area contributed by atoms with E-state index in [0.717, 1.165) is 10.8 Å². The van der Waals surface area contributed by atoms with E-state index in [4.69, 9.17) is 11.6 Å². The number of halogens is 1. The predicted molar refractivity (Wildman–Crippen MR) is 70.3 cm³/mol. The molecular formula is C11H15ClN4S. The molecule has 4 nitrogen and oxygen atoms in total. The summed E-state index contributed by atoms with van der Waals surface area (Å²) < 4.78 is 1.87. The van der Waals surface area contributed by atoms with Gasteiger partial charge in [-0.1, -0.05) is 11.6 Å². The first-order valence-corrected chi connectivity index (χ1v) is 6.59. The summed E-state index contributed by atoms with van der Waals surface area (Å²) in [7, 11) is 1.91. The Kier molecular flexibility index (Phi) is 3.81. The van der Waals surface area contributed by atoms with Crippen LogP contribution in [0.1, 0.15) is 28.7 Å². The summed E-state index contributed by atoms with van der Waals surface area (Å²) in [4.78, 5) is 9.83. The molecule has 0 aliphatic heterocycles. The number of rotatable bonds is 4. The normalized spacial score (nSPS) is 12.9. The van der Waals surface area contributed by atoms with Gasteiger partial charge in [0.1, 0.15) is 16.0 Å². The Labute approximate surface area is 110 Å². The van der Waals surface area contributed by atoms with Crippen LogP contribution in [0.4, 0.5) is 0 Å². The molecule has 0 spiro atoms. The number of nitrogens with one attached hydrogen (secondary N) is 1. The first-order chi connectivity index (χ1) is 8.08. The zero-order valence-electron chi connectivity index (χ0n) is 10.1. The van der Waals surface area contributed by atoms with Gasteiger partial charge in [0.2, 0.25) is 0 Å². The zero-order valence-corrected chi connectivity index (χ0v) is 11.6. The highest BCUT2D eigenvalue weighted by molar-refractivity contribution is 7.11. The number of imidazole rings is 1. The van der Waals surface area contributed by atoms with E-state index >= 15 is 0 Å². The topological polar surface area (TPSA) is 42.7 Å². The van der Waals surface area contributed by atoms with Gasteiger partial charge >= 0.3 is 0 Å². The van der Waals surface area contributed by atoms with E-state index in [1.165, 1.54) is 4.88 Å². The van der Waals surface area contributed by atoms with Crippen LogP contribution >= 0.6 is 22.9 Å². The maximum Gasteiger partial charge on any atom is 0.128 e. The van der Waals surface area contributed by atoms with Crippen LogP contribution in [-0.4, -0.2) is 14.5 Å². The second-order valence-corrected chi connectivity index (χ2v) is 5.62. The number of hydrogen-bond acceptors (Lipinski definition) is 4. The first-order valence-electron chi connectivity index (χ1n) is 5.39. The fraction of sp³-hybridized carbons (Fsp3) is 0.455. The van der Waals surface area contributed by atoms with Crippen molar-refractivity contribution in [3.8, 4) is 0 Å². The molecule has 17 heavy (non-hydrogen) atoms. The number of nitrogens with zero attached hydrogens (tertiary/aromatic N) is 3. The Morgan fingerprint density at radius 1 is 1.47 bits per heavy atom. The predicted octanol–water partition coefficient (Wildman–Crippen LogP) is 2.69. The van der Waals surface area contributed by atoms with Crippen LogP contribution in [0.5, 0.6) is 0 Å². The molecule has 0 aliphatic rings. The number of hydrogen-bond donors (Lipinski definition) is 1. The Hall–Kier alpha value is -0.910. The maximum atomic E-state index is 5.93. The van der Waals surface area contributed by atoms with Gasteiger partial charge in [-0.3, -0.25) is 0 Å². The molecule has 2 aromatic heterocycles. The summed E-state index contributed by atoms with van der Waals surface area (Å²) in [5.41, 5.74) is 0. The third-order valence-electron chi connectivity index (χ3n) is 2.60. The van der Waals surface area contributed by atoms with Crippen LogP contribution in [0.2, 0.25) is 5.15 Å². The van der Waals surface area contributed by atoms with Crippen LogP contribution < -0.4 is 5.32 Å². The van der Waals surface area contributed by atoms with E-state index < -0.39 is 0 Å². The number of aryl methyl sites for hydroxylation is 1. The molecule has 0 aliphatic carbocycles. The van der Waals surface area contributed by atoms with E-state index in [-0.39, 0.29) is 6.04 Å². The first kappa shape index (κ1) is 12.5. The molecule has 92 valence electrons. The molecule has 6 heteroatoms. The standard InChI is InChI=1S/C11H15ClN4S/c1-7-4-15-11(17-7)8(2)13-6-10-14-5-9(12)16(10)3/h4-5,8,13H,6H2,1-3H3. The summed E-state index contributed by atoms with van der Waals surface area (Å²) in [5, 5.41) is 5.14. The Morgan fingerprint density at radius 2 is 2.24 bits per heavy atom. The second-order valence-electron chi connectivity index (χ2n) is 3.97. The molecule has 0 amide bonds. The van der Waals surface area contributed by atoms with Crippen molar-refractivity contribution in [3.05, 3.63) is 33.3 Å². The van der Waals surface area contributed by atoms with Crippen LogP contribution in [0.25, 0.3) is 0 Å². The van der Waals surface area contributed by atoms with Gasteiger partial charge in [-0.2, -0.15) is 0 Å². The monoisotopic (exact) mass is 270 g/mol. The molecule has 0 bridgehead atoms. The van der Waals surface area contributed by atoms with Crippen LogP contribution in [0, 0.1) is 6.92 Å². The average Bonchev–Trinajstić information content (AvgIpc) is 2.86. The van der Waals surface area contributed by atoms with Gasteiger partial charge in [0.05, 0.1) is 18.8 Å². The van der Waals surface area contributed by atoms with Crippen molar-refractivity contribution >= 4 is 22.9 Å². The van der Waals surface area contributed by atoms with Gasteiger partial charge in [-0.15, -0.1) is 11.3 Å². The lowest BCUT2D eigenvalue weighted by molar-refractivity contribution is 0.547. The van der Waals surface area contributed by atoms with Gasteiger partial charge in [-0.25, -0.2) is 9.97 Å². The van der Waals surface area contributed by atoms with Gasteiger partial charge in [0.15, 0.2) is 0 Å². The van der Waals surface area contributed by atoms with E-state index in [1.54, 1.807) is 17.5 Å². The third kappa shape index (κ3) is 2.86. The fourth-order valence-corrected chi connectivity index (χ4v) is 2.44. The van der Waals surface area contributed by atoms with Gasteiger partial charge in [0, 0.05) is 18.1 Å². The minimum Gasteiger partial charge on any atom is -0.321 e. The summed E-state index contributed by atoms with van der Waals surface area (Å²) in [5.74, 6) is 0.926. The molecule has 0 radical (unpaired) electrons. The molecule has 2 aromatic rings. The van der Waals surface area contributed by atoms with Crippen molar-refractivity contribution < 1.29 is 0 Å². The SMILES string of the molecule is Cc1cnc(C(C)NCc2ncc(Cl)n2C)s1. The summed E-state index contributed by atoms with van der Waals surface area (Å²) in [6.45, 7) is 4.85. The van der Waals surface area contributed by atoms with Crippen molar-refractivity contribution in [2.75, 3.05) is 0 Å². The minimum atomic E-state index is 0.226. The van der Waals surface area contributed by atoms with Crippen molar-refractivity contribution in [2.45, 2.75) is 26.4 Å². The minimum absolute atomic E-state index is 0.226. The van der Waals surface area contributed by atoms with Crippen LogP contribution in [0.15, 0.2) is 12.4 Å². The molecule has 1 unspecified atom stereocenters. The molecule has 1 atom stereocenters. The summed E-state index contributed by atoms with van der Waals surface area (Å²) >= 11 is 7.64. The Balaban J connectivity index is 1.96. The second kappa shape index (κ2) is 5.16. The number of aromatic nitrogens is 3. The van der Waals surface area contributed by atoms with E-state index in [9.17, 15) is 0 Å². The lowest BCUT2D eigenvalue weighted by Gasteiger charge is -2.10. The van der Waals surface area contributed by atoms with Crippen molar-refractivity contribution in [2.24, 2.45) is 7.05 Å². The zero-order chi connectivity index (χ0) is 12.4. The summed E-state index contributed by atoms with van der Waals surface area (Å²) in [6, 6.07) is 0.226. The molecule has 2 heterocycles. The van der Waals surface area contributed by atoms with E-state index in [1.807, 2.05) is 17.8 Å². The van der Waals surface area contributed by atoms with Crippen LogP contribution in [0.3, 0.4) is 0 Å². The highest BCUT2D eigenvalue weighted by atomic mass is 35.5. The van der Waals surface area contributed by atoms with Crippen molar-refractivity contribution in [1.82, 2.24) is 19.9 Å². The molecule has 0 aromatic carbocycles. The highest BCUT2D eigenvalue weighted by Crippen LogP contribution is 2.19. The molecule has 0 fully saturated rings. The largest absolute Gasteiger partial charge is 0.321 e. The number of thiazole rings is 1. The maximum absolute atomic E-state index is 5.93. The average molecular weight is 271 g/mol. The van der Waals surface area contributed by atoms with Gasteiger partial charge in [-0.05, 0) is 13.8 Å². The molecule has 0 saturated carbocycles. The lowest BCUT2D eigenvalue weighted by Crippen LogP contribution is -2.20. The quantitative estimate of drug-likeness (QED) is 0.929. The smallest absolute Gasteiger partial charge is 0.128 e. The fourth-order valence-electron chi connectivity index (χ4n) is 1.49.